The standard InChI is InChI=1S/C12H17ClN2O/c1-7(2)9(4)15-12(16)10-6-14-8(3)5-11(10)13/h5-7,9H,1-4H3,(H,15,16). The molecule has 1 aromatic rings. The minimum absolute atomic E-state index is 0.116. The fourth-order valence-corrected chi connectivity index (χ4v) is 1.44. The largest absolute Gasteiger partial charge is 0.349 e. The molecule has 0 aliphatic carbocycles. The molecule has 0 saturated carbocycles. The summed E-state index contributed by atoms with van der Waals surface area (Å²) in [5.41, 5.74) is 1.23. The summed E-state index contributed by atoms with van der Waals surface area (Å²) in [6.07, 6.45) is 1.51. The van der Waals surface area contributed by atoms with Crippen LogP contribution in [0.25, 0.3) is 0 Å². The number of halogens is 1. The van der Waals surface area contributed by atoms with E-state index in [2.05, 4.69) is 24.1 Å². The summed E-state index contributed by atoms with van der Waals surface area (Å²) in [6, 6.07) is 1.81. The zero-order valence-electron chi connectivity index (χ0n) is 10.0. The van der Waals surface area contributed by atoms with E-state index in [1.54, 1.807) is 6.07 Å². The van der Waals surface area contributed by atoms with Crippen molar-refractivity contribution in [2.24, 2.45) is 5.92 Å². The smallest absolute Gasteiger partial charge is 0.254 e. The molecule has 0 spiro atoms. The van der Waals surface area contributed by atoms with Gasteiger partial charge in [-0.15, -0.1) is 0 Å². The number of carbonyl (C=O) groups excluding carboxylic acids is 1. The van der Waals surface area contributed by atoms with E-state index >= 15 is 0 Å². The monoisotopic (exact) mass is 240 g/mol. The maximum absolute atomic E-state index is 11.9. The van der Waals surface area contributed by atoms with Gasteiger partial charge >= 0.3 is 0 Å². The highest BCUT2D eigenvalue weighted by molar-refractivity contribution is 6.33. The van der Waals surface area contributed by atoms with E-state index in [0.717, 1.165) is 5.69 Å². The summed E-state index contributed by atoms with van der Waals surface area (Å²) in [4.78, 5) is 15.9. The van der Waals surface area contributed by atoms with Gasteiger partial charge in [-0.1, -0.05) is 25.4 Å². The molecule has 1 unspecified atom stereocenters. The van der Waals surface area contributed by atoms with Crippen LogP contribution in [0.2, 0.25) is 5.02 Å². The maximum atomic E-state index is 11.9. The Morgan fingerprint density at radius 3 is 2.56 bits per heavy atom. The summed E-state index contributed by atoms with van der Waals surface area (Å²) in [5.74, 6) is 0.222. The molecule has 1 atom stereocenters. The van der Waals surface area contributed by atoms with Crippen LogP contribution < -0.4 is 5.32 Å². The van der Waals surface area contributed by atoms with E-state index in [0.29, 0.717) is 16.5 Å². The summed E-state index contributed by atoms with van der Waals surface area (Å²) in [7, 11) is 0. The maximum Gasteiger partial charge on any atom is 0.254 e. The Bertz CT molecular complexity index is 391. The number of pyridine rings is 1. The van der Waals surface area contributed by atoms with Gasteiger partial charge in [-0.3, -0.25) is 9.78 Å². The van der Waals surface area contributed by atoms with Crippen LogP contribution in [-0.2, 0) is 0 Å². The van der Waals surface area contributed by atoms with Crippen molar-refractivity contribution in [3.63, 3.8) is 0 Å². The molecule has 0 aliphatic rings. The SMILES string of the molecule is Cc1cc(Cl)c(C(=O)NC(C)C(C)C)cn1. The molecule has 88 valence electrons. The predicted octanol–water partition coefficient (Wildman–Crippen LogP) is 2.82. The van der Waals surface area contributed by atoms with Crippen molar-refractivity contribution < 1.29 is 4.79 Å². The van der Waals surface area contributed by atoms with E-state index in [-0.39, 0.29) is 11.9 Å². The molecule has 16 heavy (non-hydrogen) atoms. The highest BCUT2D eigenvalue weighted by Crippen LogP contribution is 2.16. The number of nitrogens with zero attached hydrogens (tertiary/aromatic N) is 1. The second-order valence-electron chi connectivity index (χ2n) is 4.31. The first-order valence-corrected chi connectivity index (χ1v) is 5.72. The lowest BCUT2D eigenvalue weighted by Crippen LogP contribution is -2.36. The predicted molar refractivity (Wildman–Crippen MR) is 65.8 cm³/mol. The minimum Gasteiger partial charge on any atom is -0.349 e. The van der Waals surface area contributed by atoms with Gasteiger partial charge in [-0.2, -0.15) is 0 Å². The van der Waals surface area contributed by atoms with Gasteiger partial charge in [0.1, 0.15) is 0 Å². The van der Waals surface area contributed by atoms with E-state index in [4.69, 9.17) is 11.6 Å². The van der Waals surface area contributed by atoms with Crippen LogP contribution >= 0.6 is 11.6 Å². The number of aromatic nitrogens is 1. The number of hydrogen-bond acceptors (Lipinski definition) is 2. The molecule has 1 amide bonds. The third-order valence-electron chi connectivity index (χ3n) is 2.59. The van der Waals surface area contributed by atoms with E-state index < -0.39 is 0 Å². The Labute approximate surface area is 101 Å². The second-order valence-corrected chi connectivity index (χ2v) is 4.72. The molecule has 1 N–H and O–H groups in total. The molecular weight excluding hydrogens is 224 g/mol. The topological polar surface area (TPSA) is 42.0 Å². The van der Waals surface area contributed by atoms with Gasteiger partial charge in [0.2, 0.25) is 0 Å². The van der Waals surface area contributed by atoms with Crippen molar-refractivity contribution in [2.45, 2.75) is 33.7 Å². The van der Waals surface area contributed by atoms with E-state index in [1.807, 2.05) is 13.8 Å². The minimum atomic E-state index is -0.168. The fraction of sp³-hybridized carbons (Fsp3) is 0.500. The van der Waals surface area contributed by atoms with Gasteiger partial charge in [0, 0.05) is 17.9 Å². The number of nitrogens with one attached hydrogen (secondary N) is 1. The molecule has 1 aromatic heterocycles. The molecule has 4 heteroatoms. The molecule has 1 rings (SSSR count). The average Bonchev–Trinajstić information content (AvgIpc) is 2.16. The van der Waals surface area contributed by atoms with Gasteiger partial charge in [-0.05, 0) is 25.8 Å². The Morgan fingerprint density at radius 2 is 2.06 bits per heavy atom. The average molecular weight is 241 g/mol. The summed E-state index contributed by atoms with van der Waals surface area (Å²) in [5, 5.41) is 3.34. The van der Waals surface area contributed by atoms with E-state index in [9.17, 15) is 4.79 Å². The first kappa shape index (κ1) is 13.0. The van der Waals surface area contributed by atoms with Crippen molar-refractivity contribution in [3.8, 4) is 0 Å². The Morgan fingerprint density at radius 1 is 1.44 bits per heavy atom. The van der Waals surface area contributed by atoms with Crippen LogP contribution in [0.15, 0.2) is 12.3 Å². The van der Waals surface area contributed by atoms with Gasteiger partial charge in [0.25, 0.3) is 5.91 Å². The van der Waals surface area contributed by atoms with Crippen LogP contribution in [0.1, 0.15) is 36.8 Å². The van der Waals surface area contributed by atoms with Crippen molar-refractivity contribution in [2.75, 3.05) is 0 Å². The van der Waals surface area contributed by atoms with Crippen LogP contribution in [0, 0.1) is 12.8 Å². The lowest BCUT2D eigenvalue weighted by Gasteiger charge is -2.17. The summed E-state index contributed by atoms with van der Waals surface area (Å²) >= 11 is 5.99. The zero-order valence-corrected chi connectivity index (χ0v) is 10.8. The van der Waals surface area contributed by atoms with Crippen molar-refractivity contribution >= 4 is 17.5 Å². The molecule has 0 fully saturated rings. The Hall–Kier alpha value is -1.09. The second kappa shape index (κ2) is 5.30. The molecule has 0 aromatic carbocycles. The molecule has 0 bridgehead atoms. The first-order chi connectivity index (χ1) is 7.41. The van der Waals surface area contributed by atoms with Crippen molar-refractivity contribution in [3.05, 3.63) is 28.5 Å². The van der Waals surface area contributed by atoms with Gasteiger partial charge in [-0.25, -0.2) is 0 Å². The Balaban J connectivity index is 2.81. The fourth-order valence-electron chi connectivity index (χ4n) is 1.14. The number of carbonyl (C=O) groups is 1. The van der Waals surface area contributed by atoms with Crippen molar-refractivity contribution in [1.82, 2.24) is 10.3 Å². The third kappa shape index (κ3) is 3.20. The summed E-state index contributed by atoms with van der Waals surface area (Å²) in [6.45, 7) is 7.92. The van der Waals surface area contributed by atoms with Crippen LogP contribution in [-0.4, -0.2) is 16.9 Å². The highest BCUT2D eigenvalue weighted by atomic mass is 35.5. The third-order valence-corrected chi connectivity index (χ3v) is 2.91. The number of rotatable bonds is 3. The highest BCUT2D eigenvalue weighted by Gasteiger charge is 2.15. The molecule has 0 saturated heterocycles. The molecule has 0 radical (unpaired) electrons. The van der Waals surface area contributed by atoms with Gasteiger partial charge in [0.15, 0.2) is 0 Å². The van der Waals surface area contributed by atoms with Crippen LogP contribution in [0.5, 0.6) is 0 Å². The molecular formula is C12H17ClN2O. The molecule has 0 aliphatic heterocycles. The molecule has 1 heterocycles. The van der Waals surface area contributed by atoms with Crippen LogP contribution in [0.3, 0.4) is 0 Å². The lowest BCUT2D eigenvalue weighted by molar-refractivity contribution is 0.0930. The number of aryl methyl sites for hydroxylation is 1. The molecule has 3 nitrogen and oxygen atoms in total. The number of amides is 1. The van der Waals surface area contributed by atoms with Gasteiger partial charge < -0.3 is 5.32 Å². The normalized spacial score (nSPS) is 12.6. The first-order valence-electron chi connectivity index (χ1n) is 5.34. The van der Waals surface area contributed by atoms with E-state index in [1.165, 1.54) is 6.20 Å². The number of hydrogen-bond donors (Lipinski definition) is 1. The lowest BCUT2D eigenvalue weighted by atomic mass is 10.1. The van der Waals surface area contributed by atoms with Gasteiger partial charge in [0.05, 0.1) is 10.6 Å². The quantitative estimate of drug-likeness (QED) is 0.883. The Kier molecular flexibility index (Phi) is 4.30. The summed E-state index contributed by atoms with van der Waals surface area (Å²) < 4.78 is 0. The van der Waals surface area contributed by atoms with Crippen molar-refractivity contribution in [1.29, 1.82) is 0 Å². The van der Waals surface area contributed by atoms with Crippen LogP contribution in [0.4, 0.5) is 0 Å². The zero-order chi connectivity index (χ0) is 12.3.